The van der Waals surface area contributed by atoms with Crippen LogP contribution in [0.3, 0.4) is 0 Å². The molecule has 0 spiro atoms. The van der Waals surface area contributed by atoms with Gasteiger partial charge in [0.25, 0.3) is 20.2 Å². The van der Waals surface area contributed by atoms with E-state index >= 15 is 0 Å². The van der Waals surface area contributed by atoms with Gasteiger partial charge in [-0.2, -0.15) is 16.8 Å². The van der Waals surface area contributed by atoms with Gasteiger partial charge in [0.05, 0.1) is 5.69 Å². The molecule has 3 aromatic carbocycles. The van der Waals surface area contributed by atoms with Gasteiger partial charge in [0.2, 0.25) is 0 Å². The lowest BCUT2D eigenvalue weighted by atomic mass is 10.1. The number of rotatable bonds is 4. The number of aromatic hydroxyl groups is 1. The lowest BCUT2D eigenvalue weighted by molar-refractivity contribution is 0.478. The highest BCUT2D eigenvalue weighted by molar-refractivity contribution is 7.86. The summed E-state index contributed by atoms with van der Waals surface area (Å²) in [6.07, 6.45) is 1.33. The summed E-state index contributed by atoms with van der Waals surface area (Å²) in [5.74, 6) is -0.453. The number of fused-ring (bicyclic) bond motifs is 2. The third-order valence-electron chi connectivity index (χ3n) is 4.49. The van der Waals surface area contributed by atoms with Crippen molar-refractivity contribution in [2.45, 2.75) is 9.79 Å². The van der Waals surface area contributed by atoms with E-state index in [0.717, 1.165) is 6.07 Å². The van der Waals surface area contributed by atoms with Gasteiger partial charge in [-0.25, -0.2) is 0 Å². The van der Waals surface area contributed by atoms with Gasteiger partial charge in [0.15, 0.2) is 5.75 Å². The SMILES string of the molecule is O=S(=O)(O)c1cccc2c(N=Nc3cc(S(=O)(=O)O)c4cccnc4c3O)cccc12. The van der Waals surface area contributed by atoms with E-state index in [4.69, 9.17) is 0 Å². The molecule has 0 saturated carbocycles. The number of phenolic OH excluding ortho intramolecular Hbond substituents is 1. The molecule has 0 amide bonds. The Kier molecular flexibility index (Phi) is 4.94. The predicted octanol–water partition coefficient (Wildman–Crippen LogP) is 4.00. The van der Waals surface area contributed by atoms with Crippen LogP contribution in [0.25, 0.3) is 21.7 Å². The van der Waals surface area contributed by atoms with Gasteiger partial charge < -0.3 is 5.11 Å². The number of benzene rings is 3. The molecule has 158 valence electrons. The number of pyridine rings is 1. The van der Waals surface area contributed by atoms with Crippen LogP contribution in [-0.4, -0.2) is 36.0 Å². The summed E-state index contributed by atoms with van der Waals surface area (Å²) in [6.45, 7) is 0. The van der Waals surface area contributed by atoms with E-state index in [1.54, 1.807) is 6.07 Å². The van der Waals surface area contributed by atoms with Crippen molar-refractivity contribution in [1.29, 1.82) is 0 Å². The maximum absolute atomic E-state index is 11.8. The largest absolute Gasteiger partial charge is 0.504 e. The molecular weight excluding hydrogens is 446 g/mol. The average Bonchev–Trinajstić information content (AvgIpc) is 2.71. The normalized spacial score (nSPS) is 12.7. The minimum Gasteiger partial charge on any atom is -0.504 e. The van der Waals surface area contributed by atoms with Crippen molar-refractivity contribution in [2.24, 2.45) is 10.2 Å². The zero-order valence-electron chi connectivity index (χ0n) is 15.4. The zero-order chi connectivity index (χ0) is 22.4. The fraction of sp³-hybridized carbons (Fsp3) is 0. The molecule has 0 bridgehead atoms. The molecule has 0 fully saturated rings. The van der Waals surface area contributed by atoms with E-state index < -0.39 is 30.9 Å². The molecule has 0 atom stereocenters. The number of hydrogen-bond donors (Lipinski definition) is 3. The van der Waals surface area contributed by atoms with E-state index in [1.807, 2.05) is 0 Å². The molecule has 0 aliphatic heterocycles. The van der Waals surface area contributed by atoms with Crippen molar-refractivity contribution in [3.05, 3.63) is 60.8 Å². The fourth-order valence-electron chi connectivity index (χ4n) is 3.16. The molecule has 0 radical (unpaired) electrons. The molecule has 0 aliphatic carbocycles. The maximum Gasteiger partial charge on any atom is 0.295 e. The summed E-state index contributed by atoms with van der Waals surface area (Å²) in [4.78, 5) is 3.12. The highest BCUT2D eigenvalue weighted by atomic mass is 32.2. The van der Waals surface area contributed by atoms with Crippen LogP contribution >= 0.6 is 0 Å². The van der Waals surface area contributed by atoms with Crippen LogP contribution in [0.15, 0.2) is 80.8 Å². The Bertz CT molecular complexity index is 1600. The summed E-state index contributed by atoms with van der Waals surface area (Å²) in [6, 6.07) is 12.5. The van der Waals surface area contributed by atoms with Gasteiger partial charge in [-0.15, -0.1) is 10.2 Å². The van der Waals surface area contributed by atoms with E-state index in [9.17, 15) is 31.0 Å². The Morgan fingerprint density at radius 3 is 2.03 bits per heavy atom. The summed E-state index contributed by atoms with van der Waals surface area (Å²) in [5, 5.41) is 18.9. The molecule has 0 unspecified atom stereocenters. The highest BCUT2D eigenvalue weighted by Gasteiger charge is 2.20. The minimum atomic E-state index is -4.66. The van der Waals surface area contributed by atoms with Gasteiger partial charge in [-0.1, -0.05) is 24.3 Å². The van der Waals surface area contributed by atoms with Crippen molar-refractivity contribution in [3.63, 3.8) is 0 Å². The Morgan fingerprint density at radius 2 is 1.32 bits per heavy atom. The predicted molar refractivity (Wildman–Crippen MR) is 111 cm³/mol. The third kappa shape index (κ3) is 3.84. The van der Waals surface area contributed by atoms with Crippen molar-refractivity contribution < 1.29 is 31.0 Å². The second-order valence-corrected chi connectivity index (χ2v) is 9.20. The average molecular weight is 459 g/mol. The number of nitrogens with zero attached hydrogens (tertiary/aromatic N) is 3. The van der Waals surface area contributed by atoms with Crippen molar-refractivity contribution in [3.8, 4) is 5.75 Å². The summed E-state index contributed by atoms with van der Waals surface area (Å²) in [5.41, 5.74) is -0.183. The lowest BCUT2D eigenvalue weighted by Crippen LogP contribution is -1.99. The Labute approximate surface area is 176 Å². The number of hydrogen-bond acceptors (Lipinski definition) is 8. The van der Waals surface area contributed by atoms with Crippen LogP contribution in [0.2, 0.25) is 0 Å². The van der Waals surface area contributed by atoms with Crippen molar-refractivity contribution >= 4 is 53.3 Å². The standard InChI is InChI=1S/C19H13N3O7S2/c23-19-15(10-17(31(27,28)29)13-6-3-9-20-18(13)19)22-21-14-7-1-5-12-11(14)4-2-8-16(12)30(24,25)26/h1-10,23H,(H,24,25,26)(H,27,28,29). The van der Waals surface area contributed by atoms with Crippen molar-refractivity contribution in [2.75, 3.05) is 0 Å². The Balaban J connectivity index is 1.92. The molecule has 1 aromatic heterocycles. The van der Waals surface area contributed by atoms with Crippen LogP contribution in [0.1, 0.15) is 0 Å². The number of aromatic nitrogens is 1. The topological polar surface area (TPSA) is 167 Å². The van der Waals surface area contributed by atoms with Gasteiger partial charge in [-0.3, -0.25) is 14.1 Å². The van der Waals surface area contributed by atoms with E-state index in [0.29, 0.717) is 5.39 Å². The Morgan fingerprint density at radius 1 is 0.710 bits per heavy atom. The second kappa shape index (κ2) is 7.35. The maximum atomic E-state index is 11.8. The van der Waals surface area contributed by atoms with Gasteiger partial charge >= 0.3 is 0 Å². The van der Waals surface area contributed by atoms with Crippen LogP contribution in [0, 0.1) is 0 Å². The molecule has 0 aliphatic rings. The van der Waals surface area contributed by atoms with E-state index in [-0.39, 0.29) is 32.6 Å². The van der Waals surface area contributed by atoms with Gasteiger partial charge in [-0.05, 0) is 30.3 Å². The van der Waals surface area contributed by atoms with Crippen LogP contribution in [0.5, 0.6) is 5.75 Å². The molecule has 1 heterocycles. The van der Waals surface area contributed by atoms with E-state index in [2.05, 4.69) is 15.2 Å². The molecule has 3 N–H and O–H groups in total. The first kappa shape index (κ1) is 20.8. The first-order valence-corrected chi connectivity index (χ1v) is 11.4. The number of phenols is 1. The molecular formula is C19H13N3O7S2. The molecule has 12 heteroatoms. The van der Waals surface area contributed by atoms with Crippen molar-refractivity contribution in [1.82, 2.24) is 4.98 Å². The molecule has 10 nitrogen and oxygen atoms in total. The third-order valence-corrected chi connectivity index (χ3v) is 6.29. The zero-order valence-corrected chi connectivity index (χ0v) is 17.0. The highest BCUT2D eigenvalue weighted by Crippen LogP contribution is 2.39. The van der Waals surface area contributed by atoms with E-state index in [1.165, 1.54) is 48.7 Å². The van der Waals surface area contributed by atoms with Crippen LogP contribution in [0.4, 0.5) is 11.4 Å². The fourth-order valence-corrected chi connectivity index (χ4v) is 4.57. The van der Waals surface area contributed by atoms with Crippen LogP contribution < -0.4 is 0 Å². The first-order valence-electron chi connectivity index (χ1n) is 8.56. The quantitative estimate of drug-likeness (QED) is 0.304. The monoisotopic (exact) mass is 459 g/mol. The van der Waals surface area contributed by atoms with Gasteiger partial charge in [0, 0.05) is 22.4 Å². The molecule has 4 aromatic rings. The molecule has 4 rings (SSSR count). The van der Waals surface area contributed by atoms with Crippen LogP contribution in [-0.2, 0) is 20.2 Å². The lowest BCUT2D eigenvalue weighted by Gasteiger charge is -2.08. The molecule has 31 heavy (non-hydrogen) atoms. The Hall–Kier alpha value is -3.45. The summed E-state index contributed by atoms with van der Waals surface area (Å²) >= 11 is 0. The molecule has 0 saturated heterocycles. The first-order chi connectivity index (χ1) is 14.6. The number of azo groups is 1. The minimum absolute atomic E-state index is 0.00408. The summed E-state index contributed by atoms with van der Waals surface area (Å²) in [7, 11) is -9.14. The second-order valence-electron chi connectivity index (χ2n) is 6.42. The van der Waals surface area contributed by atoms with Gasteiger partial charge in [0.1, 0.15) is 21.0 Å². The summed E-state index contributed by atoms with van der Waals surface area (Å²) < 4.78 is 65.8. The smallest absolute Gasteiger partial charge is 0.295 e.